The van der Waals surface area contributed by atoms with Crippen LogP contribution in [0.15, 0.2) is 0 Å². The standard InChI is InChI=1S/C12H24O2/c1-4-12(3,5-2)14-11-8-6-10(13)7-9-11/h10-11,13H,4-9H2,1-3H3. The third-order valence-corrected chi connectivity index (χ3v) is 3.59. The first-order valence-electron chi connectivity index (χ1n) is 5.95. The normalized spacial score (nSPS) is 29.1. The topological polar surface area (TPSA) is 29.5 Å². The van der Waals surface area contributed by atoms with E-state index in [9.17, 15) is 5.11 Å². The molecule has 14 heavy (non-hydrogen) atoms. The van der Waals surface area contributed by atoms with Gasteiger partial charge >= 0.3 is 0 Å². The van der Waals surface area contributed by atoms with Crippen LogP contribution in [0.3, 0.4) is 0 Å². The summed E-state index contributed by atoms with van der Waals surface area (Å²) in [6, 6.07) is 0. The summed E-state index contributed by atoms with van der Waals surface area (Å²) in [4.78, 5) is 0. The van der Waals surface area contributed by atoms with Crippen molar-refractivity contribution in [3.8, 4) is 0 Å². The van der Waals surface area contributed by atoms with Crippen molar-refractivity contribution in [2.24, 2.45) is 0 Å². The fraction of sp³-hybridized carbons (Fsp3) is 1.00. The lowest BCUT2D eigenvalue weighted by molar-refractivity contribution is -0.108. The molecule has 0 aromatic carbocycles. The zero-order valence-electron chi connectivity index (χ0n) is 9.75. The van der Waals surface area contributed by atoms with E-state index in [1.807, 2.05) is 0 Å². The highest BCUT2D eigenvalue weighted by Gasteiger charge is 2.27. The van der Waals surface area contributed by atoms with Crippen molar-refractivity contribution in [1.29, 1.82) is 0 Å². The van der Waals surface area contributed by atoms with Crippen molar-refractivity contribution in [3.63, 3.8) is 0 Å². The summed E-state index contributed by atoms with van der Waals surface area (Å²) >= 11 is 0. The molecule has 0 spiro atoms. The smallest absolute Gasteiger partial charge is 0.0653 e. The summed E-state index contributed by atoms with van der Waals surface area (Å²) in [6.07, 6.45) is 6.31. The minimum atomic E-state index is -0.0793. The molecule has 0 bridgehead atoms. The first kappa shape index (κ1) is 12.0. The number of rotatable bonds is 4. The SMILES string of the molecule is CCC(C)(CC)OC1CCC(O)CC1. The van der Waals surface area contributed by atoms with Gasteiger partial charge < -0.3 is 9.84 Å². The lowest BCUT2D eigenvalue weighted by Crippen LogP contribution is -2.35. The predicted molar refractivity (Wildman–Crippen MR) is 58.3 cm³/mol. The largest absolute Gasteiger partial charge is 0.393 e. The third-order valence-electron chi connectivity index (χ3n) is 3.59. The third kappa shape index (κ3) is 3.25. The summed E-state index contributed by atoms with van der Waals surface area (Å²) < 4.78 is 6.11. The molecule has 1 N–H and O–H groups in total. The van der Waals surface area contributed by atoms with Gasteiger partial charge in [0.05, 0.1) is 17.8 Å². The highest BCUT2D eigenvalue weighted by atomic mass is 16.5. The first-order chi connectivity index (χ1) is 6.59. The van der Waals surface area contributed by atoms with Crippen LogP contribution in [0.5, 0.6) is 0 Å². The van der Waals surface area contributed by atoms with E-state index in [1.54, 1.807) is 0 Å². The van der Waals surface area contributed by atoms with Crippen LogP contribution in [-0.2, 0) is 4.74 Å². The lowest BCUT2D eigenvalue weighted by atomic mass is 9.93. The van der Waals surface area contributed by atoms with Gasteiger partial charge in [0, 0.05) is 0 Å². The van der Waals surface area contributed by atoms with E-state index < -0.39 is 0 Å². The second-order valence-corrected chi connectivity index (χ2v) is 4.71. The van der Waals surface area contributed by atoms with Crippen LogP contribution in [0.25, 0.3) is 0 Å². The van der Waals surface area contributed by atoms with Gasteiger partial charge in [0.2, 0.25) is 0 Å². The van der Waals surface area contributed by atoms with Crippen LogP contribution in [0.1, 0.15) is 59.3 Å². The van der Waals surface area contributed by atoms with Crippen LogP contribution >= 0.6 is 0 Å². The molecular weight excluding hydrogens is 176 g/mol. The molecule has 0 unspecified atom stereocenters. The number of aliphatic hydroxyl groups excluding tert-OH is 1. The zero-order chi connectivity index (χ0) is 10.6. The minimum Gasteiger partial charge on any atom is -0.393 e. The van der Waals surface area contributed by atoms with Crippen molar-refractivity contribution in [2.75, 3.05) is 0 Å². The second-order valence-electron chi connectivity index (χ2n) is 4.71. The quantitative estimate of drug-likeness (QED) is 0.756. The summed E-state index contributed by atoms with van der Waals surface area (Å²) in [5.41, 5.74) is 0.0486. The molecule has 0 amide bonds. The molecule has 1 aliphatic rings. The molecule has 84 valence electrons. The van der Waals surface area contributed by atoms with Crippen LogP contribution in [0.2, 0.25) is 0 Å². The Kier molecular flexibility index (Phi) is 4.39. The molecule has 1 aliphatic carbocycles. The lowest BCUT2D eigenvalue weighted by Gasteiger charge is -2.35. The Hall–Kier alpha value is -0.0800. The minimum absolute atomic E-state index is 0.0486. The Morgan fingerprint density at radius 3 is 2.07 bits per heavy atom. The van der Waals surface area contributed by atoms with E-state index in [4.69, 9.17) is 4.74 Å². The molecule has 0 saturated heterocycles. The Bertz CT molecular complexity index is 156. The van der Waals surface area contributed by atoms with Crippen molar-refractivity contribution in [1.82, 2.24) is 0 Å². The van der Waals surface area contributed by atoms with Gasteiger partial charge in [0.15, 0.2) is 0 Å². The number of hydrogen-bond donors (Lipinski definition) is 1. The first-order valence-corrected chi connectivity index (χ1v) is 5.95. The van der Waals surface area contributed by atoms with E-state index in [1.165, 1.54) is 0 Å². The number of aliphatic hydroxyl groups is 1. The van der Waals surface area contributed by atoms with Crippen LogP contribution in [0, 0.1) is 0 Å². The molecular formula is C12H24O2. The van der Waals surface area contributed by atoms with Crippen LogP contribution in [0.4, 0.5) is 0 Å². The Morgan fingerprint density at radius 1 is 1.14 bits per heavy atom. The molecule has 0 aliphatic heterocycles. The van der Waals surface area contributed by atoms with E-state index in [0.29, 0.717) is 6.10 Å². The molecule has 0 aromatic rings. The van der Waals surface area contributed by atoms with Gasteiger partial charge in [-0.25, -0.2) is 0 Å². The van der Waals surface area contributed by atoms with Crippen LogP contribution in [-0.4, -0.2) is 22.9 Å². The van der Waals surface area contributed by atoms with Gasteiger partial charge in [0.1, 0.15) is 0 Å². The highest BCUT2D eigenvalue weighted by molar-refractivity contribution is 4.78. The summed E-state index contributed by atoms with van der Waals surface area (Å²) in [7, 11) is 0. The molecule has 1 rings (SSSR count). The highest BCUT2D eigenvalue weighted by Crippen LogP contribution is 2.28. The van der Waals surface area contributed by atoms with Gasteiger partial charge in [-0.15, -0.1) is 0 Å². The molecule has 1 saturated carbocycles. The second kappa shape index (κ2) is 5.13. The molecule has 0 radical (unpaired) electrons. The molecule has 0 heterocycles. The van der Waals surface area contributed by atoms with Gasteiger partial charge in [0.25, 0.3) is 0 Å². The summed E-state index contributed by atoms with van der Waals surface area (Å²) in [5, 5.41) is 9.38. The fourth-order valence-corrected chi connectivity index (χ4v) is 1.98. The molecule has 2 heteroatoms. The monoisotopic (exact) mass is 200 g/mol. The number of ether oxygens (including phenoxy) is 1. The van der Waals surface area contributed by atoms with Crippen molar-refractivity contribution in [3.05, 3.63) is 0 Å². The van der Waals surface area contributed by atoms with Gasteiger partial charge in [-0.2, -0.15) is 0 Å². The summed E-state index contributed by atoms with van der Waals surface area (Å²) in [6.45, 7) is 6.56. The van der Waals surface area contributed by atoms with E-state index >= 15 is 0 Å². The average molecular weight is 200 g/mol. The van der Waals surface area contributed by atoms with Gasteiger partial charge in [-0.3, -0.25) is 0 Å². The Balaban J connectivity index is 2.36. The Morgan fingerprint density at radius 2 is 1.64 bits per heavy atom. The molecule has 0 aromatic heterocycles. The van der Waals surface area contributed by atoms with E-state index in [-0.39, 0.29) is 11.7 Å². The maximum Gasteiger partial charge on any atom is 0.0653 e. The van der Waals surface area contributed by atoms with E-state index in [0.717, 1.165) is 38.5 Å². The van der Waals surface area contributed by atoms with Crippen molar-refractivity contribution < 1.29 is 9.84 Å². The van der Waals surface area contributed by atoms with Gasteiger partial charge in [-0.1, -0.05) is 13.8 Å². The zero-order valence-corrected chi connectivity index (χ0v) is 9.75. The maximum atomic E-state index is 9.38. The van der Waals surface area contributed by atoms with Gasteiger partial charge in [-0.05, 0) is 45.4 Å². The number of hydrogen-bond acceptors (Lipinski definition) is 2. The molecule has 2 nitrogen and oxygen atoms in total. The maximum absolute atomic E-state index is 9.38. The van der Waals surface area contributed by atoms with E-state index in [2.05, 4.69) is 20.8 Å². The Labute approximate surface area is 87.7 Å². The van der Waals surface area contributed by atoms with Crippen molar-refractivity contribution in [2.45, 2.75) is 77.1 Å². The average Bonchev–Trinajstić information content (AvgIpc) is 2.21. The molecule has 1 fully saturated rings. The van der Waals surface area contributed by atoms with Crippen LogP contribution < -0.4 is 0 Å². The van der Waals surface area contributed by atoms with Crippen molar-refractivity contribution >= 4 is 0 Å². The predicted octanol–water partition coefficient (Wildman–Crippen LogP) is 2.89. The fourth-order valence-electron chi connectivity index (χ4n) is 1.98. The molecule has 0 atom stereocenters. The summed E-state index contributed by atoms with van der Waals surface area (Å²) in [5.74, 6) is 0.